The molecule has 1 aliphatic rings. The van der Waals surface area contributed by atoms with Gasteiger partial charge in [0.25, 0.3) is 0 Å². The van der Waals surface area contributed by atoms with Crippen LogP contribution in [0, 0.1) is 19.8 Å². The summed E-state index contributed by atoms with van der Waals surface area (Å²) in [4.78, 5) is 0.313. The lowest BCUT2D eigenvalue weighted by Crippen LogP contribution is -2.42. The third-order valence-electron chi connectivity index (χ3n) is 4.07. The summed E-state index contributed by atoms with van der Waals surface area (Å²) in [6, 6.07) is 0.0671. The molecule has 1 aromatic rings. The molecule has 0 spiro atoms. The van der Waals surface area contributed by atoms with Crippen molar-refractivity contribution in [3.63, 3.8) is 0 Å². The zero-order valence-electron chi connectivity index (χ0n) is 11.9. The van der Waals surface area contributed by atoms with E-state index >= 15 is 0 Å². The zero-order valence-corrected chi connectivity index (χ0v) is 12.7. The summed E-state index contributed by atoms with van der Waals surface area (Å²) >= 11 is 0. The average Bonchev–Trinajstić information content (AvgIpc) is 2.70. The molecule has 1 aromatic heterocycles. The summed E-state index contributed by atoms with van der Waals surface area (Å²) in [6.45, 7) is 5.59. The number of aromatic nitrogens is 2. The van der Waals surface area contributed by atoms with Crippen LogP contribution in [0.5, 0.6) is 0 Å². The van der Waals surface area contributed by atoms with Gasteiger partial charge in [0.2, 0.25) is 10.0 Å². The monoisotopic (exact) mass is 285 g/mol. The van der Waals surface area contributed by atoms with E-state index < -0.39 is 10.0 Å². The van der Waals surface area contributed by atoms with E-state index in [9.17, 15) is 8.42 Å². The summed E-state index contributed by atoms with van der Waals surface area (Å²) in [5, 5.41) is 6.71. The Kier molecular flexibility index (Phi) is 4.30. The number of aryl methyl sites for hydroxylation is 2. The Bertz CT molecular complexity index is 517. The number of rotatable bonds is 4. The molecule has 0 saturated heterocycles. The van der Waals surface area contributed by atoms with Crippen molar-refractivity contribution in [2.24, 2.45) is 5.92 Å². The fourth-order valence-corrected chi connectivity index (χ4v) is 4.76. The molecule has 2 rings (SSSR count). The molecule has 1 heterocycles. The van der Waals surface area contributed by atoms with E-state index in [1.165, 1.54) is 6.42 Å². The normalized spacial score (nSPS) is 24.6. The standard InChI is InChI=1S/C13H23N3O2S/c1-4-11-7-5-6-8-12(11)16-19(17,18)13-9(2)14-15-10(13)3/h11-12,16H,4-8H2,1-3H3,(H,14,15). The summed E-state index contributed by atoms with van der Waals surface area (Å²) < 4.78 is 27.9. The van der Waals surface area contributed by atoms with Crippen LogP contribution in [0.25, 0.3) is 0 Å². The molecule has 5 nitrogen and oxygen atoms in total. The molecule has 0 amide bonds. The Balaban J connectivity index is 2.21. The van der Waals surface area contributed by atoms with Crippen molar-refractivity contribution in [2.45, 2.75) is 63.8 Å². The van der Waals surface area contributed by atoms with Crippen molar-refractivity contribution in [3.05, 3.63) is 11.4 Å². The smallest absolute Gasteiger partial charge is 0.244 e. The topological polar surface area (TPSA) is 74.8 Å². The predicted octanol–water partition coefficient (Wildman–Crippen LogP) is 2.27. The quantitative estimate of drug-likeness (QED) is 0.891. The van der Waals surface area contributed by atoms with Gasteiger partial charge in [-0.15, -0.1) is 0 Å². The van der Waals surface area contributed by atoms with Gasteiger partial charge in [0, 0.05) is 6.04 Å². The molecule has 108 valence electrons. The largest absolute Gasteiger partial charge is 0.281 e. The van der Waals surface area contributed by atoms with Crippen LogP contribution in [0.4, 0.5) is 0 Å². The molecule has 6 heteroatoms. The number of sulfonamides is 1. The van der Waals surface area contributed by atoms with E-state index in [-0.39, 0.29) is 6.04 Å². The molecule has 0 aromatic carbocycles. The van der Waals surface area contributed by atoms with Gasteiger partial charge in [-0.1, -0.05) is 26.2 Å². The number of aromatic amines is 1. The fourth-order valence-electron chi connectivity index (χ4n) is 3.05. The Morgan fingerprint density at radius 1 is 1.32 bits per heavy atom. The Hall–Kier alpha value is -0.880. The lowest BCUT2D eigenvalue weighted by molar-refractivity contribution is 0.282. The first-order chi connectivity index (χ1) is 8.95. The number of hydrogen-bond acceptors (Lipinski definition) is 3. The van der Waals surface area contributed by atoms with E-state index in [1.54, 1.807) is 13.8 Å². The maximum atomic E-state index is 12.5. The fraction of sp³-hybridized carbons (Fsp3) is 0.769. The minimum absolute atomic E-state index is 0.0671. The Morgan fingerprint density at radius 3 is 2.58 bits per heavy atom. The van der Waals surface area contributed by atoms with Crippen LogP contribution in [0.15, 0.2) is 4.90 Å². The minimum atomic E-state index is -3.46. The molecule has 1 aliphatic carbocycles. The number of nitrogens with zero attached hydrogens (tertiary/aromatic N) is 1. The maximum Gasteiger partial charge on any atom is 0.244 e. The van der Waals surface area contributed by atoms with Crippen LogP contribution in [-0.2, 0) is 10.0 Å². The SMILES string of the molecule is CCC1CCCCC1NS(=O)(=O)c1c(C)n[nH]c1C. The van der Waals surface area contributed by atoms with Gasteiger partial charge in [0.05, 0.1) is 11.4 Å². The molecule has 0 radical (unpaired) electrons. The highest BCUT2D eigenvalue weighted by molar-refractivity contribution is 7.89. The van der Waals surface area contributed by atoms with Gasteiger partial charge in [-0.3, -0.25) is 5.10 Å². The summed E-state index contributed by atoms with van der Waals surface area (Å²) in [5.41, 5.74) is 1.14. The third kappa shape index (κ3) is 3.00. The number of H-pyrrole nitrogens is 1. The molecule has 2 atom stereocenters. The Morgan fingerprint density at radius 2 is 2.00 bits per heavy atom. The lowest BCUT2D eigenvalue weighted by atomic mass is 9.83. The second-order valence-electron chi connectivity index (χ2n) is 5.44. The van der Waals surface area contributed by atoms with Gasteiger partial charge in [0.1, 0.15) is 4.90 Å². The second-order valence-corrected chi connectivity index (χ2v) is 7.09. The van der Waals surface area contributed by atoms with Gasteiger partial charge in [-0.25, -0.2) is 13.1 Å². The maximum absolute atomic E-state index is 12.5. The molecular formula is C13H23N3O2S. The first kappa shape index (κ1) is 14.5. The molecule has 19 heavy (non-hydrogen) atoms. The minimum Gasteiger partial charge on any atom is -0.281 e. The highest BCUT2D eigenvalue weighted by Crippen LogP contribution is 2.28. The van der Waals surface area contributed by atoms with Crippen molar-refractivity contribution in [3.8, 4) is 0 Å². The van der Waals surface area contributed by atoms with Gasteiger partial charge in [-0.2, -0.15) is 5.10 Å². The molecule has 2 N–H and O–H groups in total. The number of nitrogens with one attached hydrogen (secondary N) is 2. The Labute approximate surface area is 115 Å². The van der Waals surface area contributed by atoms with E-state index in [0.717, 1.165) is 25.7 Å². The van der Waals surface area contributed by atoms with Crippen molar-refractivity contribution in [1.29, 1.82) is 0 Å². The highest BCUT2D eigenvalue weighted by Gasteiger charge is 2.30. The first-order valence-corrected chi connectivity index (χ1v) is 8.48. The average molecular weight is 285 g/mol. The van der Waals surface area contributed by atoms with Crippen molar-refractivity contribution in [1.82, 2.24) is 14.9 Å². The summed E-state index contributed by atoms with van der Waals surface area (Å²) in [6.07, 6.45) is 5.39. The molecule has 1 saturated carbocycles. The predicted molar refractivity (Wildman–Crippen MR) is 74.4 cm³/mol. The van der Waals surface area contributed by atoms with Gasteiger partial charge < -0.3 is 0 Å². The van der Waals surface area contributed by atoms with Crippen LogP contribution in [0.3, 0.4) is 0 Å². The van der Waals surface area contributed by atoms with E-state index in [0.29, 0.717) is 22.2 Å². The third-order valence-corrected chi connectivity index (χ3v) is 5.82. The zero-order chi connectivity index (χ0) is 14.0. The van der Waals surface area contributed by atoms with E-state index in [2.05, 4.69) is 21.8 Å². The first-order valence-electron chi connectivity index (χ1n) is 6.99. The molecule has 1 fully saturated rings. The van der Waals surface area contributed by atoms with E-state index in [4.69, 9.17) is 0 Å². The van der Waals surface area contributed by atoms with Gasteiger partial charge in [-0.05, 0) is 32.6 Å². The summed E-state index contributed by atoms with van der Waals surface area (Å²) in [7, 11) is -3.46. The van der Waals surface area contributed by atoms with Crippen LogP contribution in [0.1, 0.15) is 50.4 Å². The van der Waals surface area contributed by atoms with E-state index in [1.807, 2.05) is 0 Å². The van der Waals surface area contributed by atoms with Crippen LogP contribution < -0.4 is 4.72 Å². The molecular weight excluding hydrogens is 262 g/mol. The van der Waals surface area contributed by atoms with Gasteiger partial charge >= 0.3 is 0 Å². The van der Waals surface area contributed by atoms with Crippen LogP contribution >= 0.6 is 0 Å². The number of hydrogen-bond donors (Lipinski definition) is 2. The van der Waals surface area contributed by atoms with Crippen molar-refractivity contribution in [2.75, 3.05) is 0 Å². The van der Waals surface area contributed by atoms with Crippen molar-refractivity contribution >= 4 is 10.0 Å². The highest BCUT2D eigenvalue weighted by atomic mass is 32.2. The molecule has 0 bridgehead atoms. The van der Waals surface area contributed by atoms with Crippen LogP contribution in [0.2, 0.25) is 0 Å². The molecule has 2 unspecified atom stereocenters. The van der Waals surface area contributed by atoms with Gasteiger partial charge in [0.15, 0.2) is 0 Å². The lowest BCUT2D eigenvalue weighted by Gasteiger charge is -2.31. The van der Waals surface area contributed by atoms with Crippen molar-refractivity contribution < 1.29 is 8.42 Å². The molecule has 0 aliphatic heterocycles. The second kappa shape index (κ2) is 5.63. The summed E-state index contributed by atoms with van der Waals surface area (Å²) in [5.74, 6) is 0.455. The van der Waals surface area contributed by atoms with Crippen LogP contribution in [-0.4, -0.2) is 24.7 Å².